The molecule has 2 aliphatic rings. The van der Waals surface area contributed by atoms with Crippen molar-refractivity contribution in [3.05, 3.63) is 22.4 Å². The van der Waals surface area contributed by atoms with Gasteiger partial charge in [-0.1, -0.05) is 6.07 Å². The van der Waals surface area contributed by atoms with Crippen LogP contribution in [0.5, 0.6) is 0 Å². The second-order valence-electron chi connectivity index (χ2n) is 8.03. The molecule has 1 aromatic rings. The van der Waals surface area contributed by atoms with Crippen LogP contribution in [0.1, 0.15) is 43.9 Å². The topological polar surface area (TPSA) is 58.1 Å². The number of piperidine rings is 1. The van der Waals surface area contributed by atoms with Crippen molar-refractivity contribution in [2.24, 2.45) is 10.9 Å². The monoisotopic (exact) mass is 550 g/mol. The second-order valence-corrected chi connectivity index (χ2v) is 9.06. The van der Waals surface area contributed by atoms with E-state index >= 15 is 0 Å². The molecule has 0 aliphatic carbocycles. The molecule has 6 nitrogen and oxygen atoms in total. The van der Waals surface area contributed by atoms with Crippen LogP contribution in [0, 0.1) is 5.92 Å². The minimum Gasteiger partial charge on any atom is -0.379 e. The molecule has 2 unspecified atom stereocenters. The Bertz CT molecular complexity index is 582. The maximum atomic E-state index is 5.74. The summed E-state index contributed by atoms with van der Waals surface area (Å²) in [5, 5.41) is 8.99. The highest BCUT2D eigenvalue weighted by atomic mass is 127. The highest BCUT2D eigenvalue weighted by Crippen LogP contribution is 2.20. The summed E-state index contributed by atoms with van der Waals surface area (Å²) in [5.41, 5.74) is 0. The molecule has 3 heterocycles. The van der Waals surface area contributed by atoms with Gasteiger partial charge in [0.25, 0.3) is 0 Å². The zero-order valence-corrected chi connectivity index (χ0v) is 21.5. The highest BCUT2D eigenvalue weighted by molar-refractivity contribution is 14.0. The van der Waals surface area contributed by atoms with Crippen molar-refractivity contribution in [3.63, 3.8) is 0 Å². The van der Waals surface area contributed by atoms with Crippen LogP contribution >= 0.6 is 35.3 Å². The van der Waals surface area contributed by atoms with Gasteiger partial charge >= 0.3 is 0 Å². The molecule has 0 amide bonds. The number of hydrogen-bond acceptors (Lipinski definition) is 5. The van der Waals surface area contributed by atoms with Crippen molar-refractivity contribution in [1.29, 1.82) is 0 Å². The summed E-state index contributed by atoms with van der Waals surface area (Å²) in [4.78, 5) is 8.91. The Balaban J connectivity index is 0.00000320. The first-order valence-corrected chi connectivity index (χ1v) is 12.2. The smallest absolute Gasteiger partial charge is 0.191 e. The molecule has 2 atom stereocenters. The first-order valence-electron chi connectivity index (χ1n) is 11.3. The Morgan fingerprint density at radius 1 is 1.33 bits per heavy atom. The van der Waals surface area contributed by atoms with Crippen molar-refractivity contribution in [1.82, 2.24) is 15.5 Å². The number of thiophene rings is 1. The molecular weight excluding hydrogens is 511 g/mol. The summed E-state index contributed by atoms with van der Waals surface area (Å²) in [7, 11) is 0. The van der Waals surface area contributed by atoms with Gasteiger partial charge in [0.15, 0.2) is 5.96 Å². The van der Waals surface area contributed by atoms with E-state index in [4.69, 9.17) is 14.5 Å². The molecule has 1 aromatic heterocycles. The van der Waals surface area contributed by atoms with Gasteiger partial charge < -0.3 is 20.1 Å². The van der Waals surface area contributed by atoms with Gasteiger partial charge in [-0.05, 0) is 62.9 Å². The number of aliphatic imine (C=N–C) groups is 1. The Kier molecular flexibility index (Phi) is 13.3. The quantitative estimate of drug-likeness (QED) is 0.191. The largest absolute Gasteiger partial charge is 0.379 e. The molecule has 0 saturated carbocycles. The van der Waals surface area contributed by atoms with E-state index in [0.717, 1.165) is 71.3 Å². The summed E-state index contributed by atoms with van der Waals surface area (Å²) in [6, 6.07) is 4.39. The summed E-state index contributed by atoms with van der Waals surface area (Å²) in [6.07, 6.45) is 6.16. The number of halogens is 1. The lowest BCUT2D eigenvalue weighted by Gasteiger charge is -2.31. The predicted molar refractivity (Wildman–Crippen MR) is 136 cm³/mol. The van der Waals surface area contributed by atoms with E-state index in [-0.39, 0.29) is 24.0 Å². The van der Waals surface area contributed by atoms with Crippen LogP contribution < -0.4 is 10.6 Å². The fourth-order valence-corrected chi connectivity index (χ4v) is 4.75. The second kappa shape index (κ2) is 15.4. The van der Waals surface area contributed by atoms with Crippen molar-refractivity contribution < 1.29 is 9.47 Å². The normalized spacial score (nSPS) is 22.6. The fourth-order valence-electron chi connectivity index (χ4n) is 4.00. The maximum Gasteiger partial charge on any atom is 0.191 e. The molecule has 0 bridgehead atoms. The van der Waals surface area contributed by atoms with Gasteiger partial charge in [0, 0.05) is 50.8 Å². The number of nitrogens with zero attached hydrogens (tertiary/aromatic N) is 2. The van der Waals surface area contributed by atoms with Gasteiger partial charge in [0.2, 0.25) is 0 Å². The molecule has 3 rings (SSSR count). The summed E-state index contributed by atoms with van der Waals surface area (Å²) >= 11 is 1.86. The standard InChI is InChI=1S/C22H38N4O2S.HI/c1-2-23-22(24-10-6-12-27-18-20-8-4-13-28-20)25-15-19-7-3-11-26(16-19)17-21-9-5-14-29-21;/h5,9,14,19-20H,2-4,6-8,10-13,15-18H2,1H3,(H2,23,24,25);1H. The van der Waals surface area contributed by atoms with E-state index in [1.807, 2.05) is 11.3 Å². The lowest BCUT2D eigenvalue weighted by Crippen LogP contribution is -2.40. The molecule has 2 N–H and O–H groups in total. The lowest BCUT2D eigenvalue weighted by atomic mass is 9.98. The molecule has 0 aromatic carbocycles. The average molecular weight is 551 g/mol. The minimum atomic E-state index is 0. The number of hydrogen-bond donors (Lipinski definition) is 2. The summed E-state index contributed by atoms with van der Waals surface area (Å²) in [5.74, 6) is 1.58. The Labute approximate surface area is 203 Å². The SMILES string of the molecule is CCNC(=NCC1CCCN(Cc2cccs2)C1)NCCCOCC1CCCO1.I. The van der Waals surface area contributed by atoms with Crippen LogP contribution in [0.25, 0.3) is 0 Å². The van der Waals surface area contributed by atoms with E-state index < -0.39 is 0 Å². The Morgan fingerprint density at radius 3 is 3.03 bits per heavy atom. The zero-order chi connectivity index (χ0) is 20.2. The summed E-state index contributed by atoms with van der Waals surface area (Å²) in [6.45, 7) is 10.6. The molecule has 2 aliphatic heterocycles. The number of guanidine groups is 1. The van der Waals surface area contributed by atoms with E-state index in [9.17, 15) is 0 Å². The zero-order valence-electron chi connectivity index (χ0n) is 18.3. The Morgan fingerprint density at radius 2 is 2.27 bits per heavy atom. The number of nitrogens with one attached hydrogen (secondary N) is 2. The van der Waals surface area contributed by atoms with Crippen molar-refractivity contribution in [2.75, 3.05) is 52.5 Å². The van der Waals surface area contributed by atoms with E-state index in [1.54, 1.807) is 0 Å². The molecule has 2 saturated heterocycles. The van der Waals surface area contributed by atoms with Crippen molar-refractivity contribution >= 4 is 41.3 Å². The van der Waals surface area contributed by atoms with Crippen LogP contribution in [0.2, 0.25) is 0 Å². The van der Waals surface area contributed by atoms with Crippen molar-refractivity contribution in [2.45, 2.75) is 51.7 Å². The van der Waals surface area contributed by atoms with Crippen LogP contribution in [0.4, 0.5) is 0 Å². The molecular formula is C22H39IN4O2S. The highest BCUT2D eigenvalue weighted by Gasteiger charge is 2.20. The van der Waals surface area contributed by atoms with Gasteiger partial charge in [0.05, 0.1) is 12.7 Å². The predicted octanol–water partition coefficient (Wildman–Crippen LogP) is 3.72. The lowest BCUT2D eigenvalue weighted by molar-refractivity contribution is 0.0168. The third-order valence-corrected chi connectivity index (χ3v) is 6.36. The molecule has 30 heavy (non-hydrogen) atoms. The first kappa shape index (κ1) is 25.8. The van der Waals surface area contributed by atoms with Crippen LogP contribution in [0.15, 0.2) is 22.5 Å². The van der Waals surface area contributed by atoms with Gasteiger partial charge in [0.1, 0.15) is 0 Å². The Hall–Kier alpha value is -0.420. The molecule has 0 radical (unpaired) electrons. The fraction of sp³-hybridized carbons (Fsp3) is 0.773. The van der Waals surface area contributed by atoms with Crippen LogP contribution in [-0.4, -0.2) is 69.5 Å². The maximum absolute atomic E-state index is 5.74. The molecule has 8 heteroatoms. The van der Waals surface area contributed by atoms with Gasteiger partial charge in [-0.2, -0.15) is 0 Å². The van der Waals surface area contributed by atoms with Gasteiger partial charge in [-0.3, -0.25) is 9.89 Å². The average Bonchev–Trinajstić information content (AvgIpc) is 3.43. The van der Waals surface area contributed by atoms with E-state index in [0.29, 0.717) is 12.0 Å². The van der Waals surface area contributed by atoms with Crippen LogP contribution in [0.3, 0.4) is 0 Å². The molecule has 0 spiro atoms. The van der Waals surface area contributed by atoms with E-state index in [2.05, 4.69) is 40.0 Å². The van der Waals surface area contributed by atoms with Gasteiger partial charge in [-0.15, -0.1) is 35.3 Å². The molecule has 2 fully saturated rings. The van der Waals surface area contributed by atoms with E-state index in [1.165, 1.54) is 30.7 Å². The van der Waals surface area contributed by atoms with Gasteiger partial charge in [-0.25, -0.2) is 0 Å². The molecule has 172 valence electrons. The summed E-state index contributed by atoms with van der Waals surface area (Å²) < 4.78 is 11.3. The number of ether oxygens (including phenoxy) is 2. The van der Waals surface area contributed by atoms with Crippen LogP contribution in [-0.2, 0) is 16.0 Å². The number of rotatable bonds is 11. The number of likely N-dealkylation sites (tertiary alicyclic amines) is 1. The minimum absolute atomic E-state index is 0. The third kappa shape index (κ3) is 9.80. The first-order chi connectivity index (χ1) is 14.3. The van der Waals surface area contributed by atoms with Crippen molar-refractivity contribution in [3.8, 4) is 0 Å². The third-order valence-electron chi connectivity index (χ3n) is 5.50.